The highest BCUT2D eigenvalue weighted by atomic mass is 35.5. The number of anilines is 1. The van der Waals surface area contributed by atoms with E-state index in [4.69, 9.17) is 21.9 Å². The van der Waals surface area contributed by atoms with Crippen molar-refractivity contribution in [3.05, 3.63) is 34.9 Å². The Labute approximate surface area is 99.0 Å². The van der Waals surface area contributed by atoms with Crippen LogP contribution in [0.5, 0.6) is 0 Å². The highest BCUT2D eigenvalue weighted by molar-refractivity contribution is 6.33. The molecule has 0 unspecified atom stereocenters. The Morgan fingerprint density at radius 3 is 2.53 bits per heavy atom. The third kappa shape index (κ3) is 2.21. The van der Waals surface area contributed by atoms with Gasteiger partial charge in [0.1, 0.15) is 0 Å². The lowest BCUT2D eigenvalue weighted by Crippen LogP contribution is -2.07. The molecular formula is C10H6ClF3N2O. The van der Waals surface area contributed by atoms with Gasteiger partial charge in [-0.1, -0.05) is 22.8 Å². The average molecular weight is 263 g/mol. The van der Waals surface area contributed by atoms with Gasteiger partial charge in [-0.05, 0) is 12.1 Å². The van der Waals surface area contributed by atoms with E-state index in [1.807, 2.05) is 0 Å². The summed E-state index contributed by atoms with van der Waals surface area (Å²) in [5, 5.41) is 3.26. The molecule has 0 saturated carbocycles. The normalized spacial score (nSPS) is 11.8. The number of alkyl halides is 3. The van der Waals surface area contributed by atoms with E-state index in [1.165, 1.54) is 18.2 Å². The van der Waals surface area contributed by atoms with E-state index in [9.17, 15) is 13.2 Å². The van der Waals surface area contributed by atoms with Crippen molar-refractivity contribution in [1.82, 2.24) is 5.16 Å². The van der Waals surface area contributed by atoms with Crippen LogP contribution in [0.25, 0.3) is 11.3 Å². The van der Waals surface area contributed by atoms with Crippen LogP contribution in [0.2, 0.25) is 5.02 Å². The molecule has 0 aliphatic rings. The molecule has 0 bridgehead atoms. The number of nitrogen functional groups attached to an aromatic ring is 1. The van der Waals surface area contributed by atoms with Crippen molar-refractivity contribution < 1.29 is 17.7 Å². The molecule has 0 aliphatic heterocycles. The van der Waals surface area contributed by atoms with Crippen LogP contribution < -0.4 is 5.73 Å². The molecule has 0 spiro atoms. The largest absolute Gasteiger partial charge is 0.417 e. The Kier molecular flexibility index (Phi) is 2.74. The van der Waals surface area contributed by atoms with Crippen molar-refractivity contribution in [2.75, 3.05) is 5.73 Å². The maximum Gasteiger partial charge on any atom is 0.417 e. The van der Waals surface area contributed by atoms with Gasteiger partial charge in [0.25, 0.3) is 0 Å². The Hall–Kier alpha value is -1.69. The van der Waals surface area contributed by atoms with Gasteiger partial charge in [0, 0.05) is 6.07 Å². The van der Waals surface area contributed by atoms with E-state index in [1.54, 1.807) is 0 Å². The Balaban J connectivity index is 2.67. The number of benzene rings is 1. The van der Waals surface area contributed by atoms with Gasteiger partial charge in [0.2, 0.25) is 0 Å². The molecule has 3 nitrogen and oxygen atoms in total. The van der Waals surface area contributed by atoms with Crippen LogP contribution in [0.3, 0.4) is 0 Å². The number of nitrogens with zero attached hydrogens (tertiary/aromatic N) is 1. The lowest BCUT2D eigenvalue weighted by molar-refractivity contribution is -0.137. The maximum absolute atomic E-state index is 12.8. The van der Waals surface area contributed by atoms with Gasteiger partial charge < -0.3 is 10.3 Å². The Morgan fingerprint density at radius 2 is 2.00 bits per heavy atom. The molecule has 1 aromatic heterocycles. The third-order valence-electron chi connectivity index (χ3n) is 2.09. The predicted molar refractivity (Wildman–Crippen MR) is 56.4 cm³/mol. The highest BCUT2D eigenvalue weighted by Crippen LogP contribution is 2.41. The zero-order valence-electron chi connectivity index (χ0n) is 8.25. The summed E-state index contributed by atoms with van der Waals surface area (Å²) in [5.74, 6) is -0.117. The first-order valence-electron chi connectivity index (χ1n) is 4.48. The molecule has 7 heteroatoms. The number of rotatable bonds is 1. The molecule has 2 rings (SSSR count). The molecule has 90 valence electrons. The van der Waals surface area contributed by atoms with Crippen molar-refractivity contribution in [1.29, 1.82) is 0 Å². The molecule has 0 saturated heterocycles. The lowest BCUT2D eigenvalue weighted by atomic mass is 10.0. The second-order valence-corrected chi connectivity index (χ2v) is 3.68. The quantitative estimate of drug-likeness (QED) is 0.854. The number of halogens is 4. The van der Waals surface area contributed by atoms with E-state index in [-0.39, 0.29) is 22.2 Å². The fraction of sp³-hybridized carbons (Fsp3) is 0.100. The van der Waals surface area contributed by atoms with Crippen LogP contribution in [0.1, 0.15) is 5.56 Å². The lowest BCUT2D eigenvalue weighted by Gasteiger charge is -2.11. The molecule has 0 atom stereocenters. The van der Waals surface area contributed by atoms with Gasteiger partial charge in [0.05, 0.1) is 16.1 Å². The summed E-state index contributed by atoms with van der Waals surface area (Å²) in [6, 6.07) is 4.66. The SMILES string of the molecule is Nc1cc(-c2c(Cl)cccc2C(F)(F)F)on1. The standard InChI is InChI=1S/C10H6ClF3N2O/c11-6-3-1-2-5(10(12,13)14)9(6)7-4-8(15)16-17-7/h1-4H,(H2,15,16). The summed E-state index contributed by atoms with van der Waals surface area (Å²) in [5.41, 5.74) is 4.15. The fourth-order valence-corrected chi connectivity index (χ4v) is 1.69. The second kappa shape index (κ2) is 3.96. The number of nitrogens with two attached hydrogens (primary N) is 1. The van der Waals surface area contributed by atoms with Crippen LogP contribution in [0, 0.1) is 0 Å². The van der Waals surface area contributed by atoms with Gasteiger partial charge in [-0.2, -0.15) is 13.2 Å². The average Bonchev–Trinajstić information content (AvgIpc) is 2.63. The number of aromatic nitrogens is 1. The molecule has 0 radical (unpaired) electrons. The number of hydrogen-bond donors (Lipinski definition) is 1. The summed E-state index contributed by atoms with van der Waals surface area (Å²) in [6.07, 6.45) is -4.53. The molecule has 0 aliphatic carbocycles. The highest BCUT2D eigenvalue weighted by Gasteiger charge is 2.35. The van der Waals surface area contributed by atoms with E-state index < -0.39 is 11.7 Å². The van der Waals surface area contributed by atoms with Gasteiger partial charge in [-0.15, -0.1) is 0 Å². The molecule has 17 heavy (non-hydrogen) atoms. The van der Waals surface area contributed by atoms with Crippen LogP contribution in [-0.4, -0.2) is 5.16 Å². The van der Waals surface area contributed by atoms with Crippen LogP contribution >= 0.6 is 11.6 Å². The van der Waals surface area contributed by atoms with Crippen molar-refractivity contribution in [2.45, 2.75) is 6.18 Å². The first-order chi connectivity index (χ1) is 7.89. The molecular weight excluding hydrogens is 257 g/mol. The Morgan fingerprint density at radius 1 is 1.29 bits per heavy atom. The zero-order chi connectivity index (χ0) is 12.6. The molecule has 2 aromatic rings. The monoisotopic (exact) mass is 262 g/mol. The molecule has 1 aromatic carbocycles. The number of hydrogen-bond acceptors (Lipinski definition) is 3. The molecule has 0 fully saturated rings. The maximum atomic E-state index is 12.8. The minimum Gasteiger partial charge on any atom is -0.381 e. The third-order valence-corrected chi connectivity index (χ3v) is 2.41. The fourth-order valence-electron chi connectivity index (χ4n) is 1.42. The van der Waals surface area contributed by atoms with Gasteiger partial charge in [-0.25, -0.2) is 0 Å². The van der Waals surface area contributed by atoms with Crippen molar-refractivity contribution >= 4 is 17.4 Å². The van der Waals surface area contributed by atoms with E-state index in [0.29, 0.717) is 0 Å². The van der Waals surface area contributed by atoms with E-state index in [2.05, 4.69) is 5.16 Å². The first-order valence-corrected chi connectivity index (χ1v) is 4.85. The minimum atomic E-state index is -4.53. The van der Waals surface area contributed by atoms with E-state index >= 15 is 0 Å². The van der Waals surface area contributed by atoms with Crippen molar-refractivity contribution in [3.8, 4) is 11.3 Å². The van der Waals surface area contributed by atoms with Crippen molar-refractivity contribution in [3.63, 3.8) is 0 Å². The second-order valence-electron chi connectivity index (χ2n) is 3.28. The summed E-state index contributed by atoms with van der Waals surface area (Å²) >= 11 is 5.75. The van der Waals surface area contributed by atoms with Gasteiger partial charge in [0.15, 0.2) is 11.6 Å². The van der Waals surface area contributed by atoms with Crippen LogP contribution in [0.15, 0.2) is 28.8 Å². The van der Waals surface area contributed by atoms with Crippen LogP contribution in [-0.2, 0) is 6.18 Å². The first kappa shape index (κ1) is 11.8. The zero-order valence-corrected chi connectivity index (χ0v) is 9.01. The van der Waals surface area contributed by atoms with E-state index in [0.717, 1.165) is 6.07 Å². The molecule has 1 heterocycles. The minimum absolute atomic E-state index is 0.00644. The van der Waals surface area contributed by atoms with Crippen molar-refractivity contribution in [2.24, 2.45) is 0 Å². The van der Waals surface area contributed by atoms with Gasteiger partial charge >= 0.3 is 6.18 Å². The Bertz CT molecular complexity index is 551. The summed E-state index contributed by atoms with van der Waals surface area (Å²) in [4.78, 5) is 0. The smallest absolute Gasteiger partial charge is 0.381 e. The summed E-state index contributed by atoms with van der Waals surface area (Å²) in [6.45, 7) is 0. The summed E-state index contributed by atoms with van der Waals surface area (Å²) in [7, 11) is 0. The molecule has 0 amide bonds. The van der Waals surface area contributed by atoms with Gasteiger partial charge in [-0.3, -0.25) is 0 Å². The van der Waals surface area contributed by atoms with Crippen LogP contribution in [0.4, 0.5) is 19.0 Å². The molecule has 2 N–H and O–H groups in total. The summed E-state index contributed by atoms with van der Waals surface area (Å²) < 4.78 is 43.0. The predicted octanol–water partition coefficient (Wildman–Crippen LogP) is 3.60. The topological polar surface area (TPSA) is 52.0 Å².